The van der Waals surface area contributed by atoms with Gasteiger partial charge in [-0.05, 0) is 19.1 Å². The van der Waals surface area contributed by atoms with E-state index in [-0.39, 0.29) is 17.9 Å². The van der Waals surface area contributed by atoms with E-state index in [4.69, 9.17) is 0 Å². The first kappa shape index (κ1) is 11.1. The van der Waals surface area contributed by atoms with E-state index in [0.717, 1.165) is 6.07 Å². The van der Waals surface area contributed by atoms with Crippen LogP contribution in [-0.2, 0) is 0 Å². The molecule has 78 valence electrons. The number of carbonyl (C=O) groups excluding carboxylic acids is 1. The number of rotatable bonds is 2. The van der Waals surface area contributed by atoms with E-state index in [0.29, 0.717) is 0 Å². The molecule has 0 unspecified atom stereocenters. The van der Waals surface area contributed by atoms with Gasteiger partial charge in [0.2, 0.25) is 0 Å². The molecule has 0 radical (unpaired) electrons. The summed E-state index contributed by atoms with van der Waals surface area (Å²) in [6, 6.07) is 3.69. The van der Waals surface area contributed by atoms with Crippen LogP contribution in [0.15, 0.2) is 18.2 Å². The summed E-state index contributed by atoms with van der Waals surface area (Å²) in [5.41, 5.74) is -0.351. The van der Waals surface area contributed by atoms with Gasteiger partial charge in [-0.25, -0.2) is 4.39 Å². The summed E-state index contributed by atoms with van der Waals surface area (Å²) in [5, 5.41) is 11.7. The second kappa shape index (κ2) is 5.01. The fourth-order valence-corrected chi connectivity index (χ4v) is 1.04. The molecular weight excluding hydrogens is 197 g/mol. The van der Waals surface area contributed by atoms with E-state index >= 15 is 0 Å². The molecule has 0 saturated heterocycles. The minimum absolute atomic E-state index is 0.128. The minimum Gasteiger partial charge on any atom is -0.507 e. The molecule has 0 heterocycles. The maximum atomic E-state index is 13.2. The van der Waals surface area contributed by atoms with Gasteiger partial charge < -0.3 is 10.4 Å². The highest BCUT2D eigenvalue weighted by Gasteiger charge is 2.15. The van der Waals surface area contributed by atoms with Crippen molar-refractivity contribution in [2.24, 2.45) is 0 Å². The summed E-state index contributed by atoms with van der Waals surface area (Å²) < 4.78 is 13.2. The van der Waals surface area contributed by atoms with Crippen LogP contribution in [-0.4, -0.2) is 17.6 Å². The molecule has 0 aromatic heterocycles. The summed E-state index contributed by atoms with van der Waals surface area (Å²) in [7, 11) is 0. The lowest BCUT2D eigenvalue weighted by Gasteiger charge is -2.04. The second-order valence-corrected chi connectivity index (χ2v) is 2.74. The molecule has 4 heteroatoms. The Morgan fingerprint density at radius 1 is 1.60 bits per heavy atom. The smallest absolute Gasteiger partial charge is 0.258 e. The van der Waals surface area contributed by atoms with Gasteiger partial charge in [0.05, 0.1) is 6.54 Å². The number of halogens is 1. The van der Waals surface area contributed by atoms with Gasteiger partial charge in [0.25, 0.3) is 5.91 Å². The number of benzene rings is 1. The van der Waals surface area contributed by atoms with Crippen molar-refractivity contribution in [1.29, 1.82) is 0 Å². The van der Waals surface area contributed by atoms with Crippen molar-refractivity contribution in [2.45, 2.75) is 6.92 Å². The lowest BCUT2D eigenvalue weighted by atomic mass is 10.2. The standard InChI is InChI=1S/C11H10FNO2/c1-2-3-7-13-11(15)10-8(12)5-4-6-9(10)14/h4-6,14H,7H2,1H3,(H,13,15). The monoisotopic (exact) mass is 207 g/mol. The number of hydrogen-bond acceptors (Lipinski definition) is 2. The molecule has 0 aliphatic carbocycles. The third kappa shape index (κ3) is 2.71. The second-order valence-electron chi connectivity index (χ2n) is 2.74. The molecule has 0 aliphatic rings. The fraction of sp³-hybridized carbons (Fsp3) is 0.182. The summed E-state index contributed by atoms with van der Waals surface area (Å²) in [6.45, 7) is 1.76. The number of hydrogen-bond donors (Lipinski definition) is 2. The van der Waals surface area contributed by atoms with Gasteiger partial charge in [0.15, 0.2) is 0 Å². The maximum Gasteiger partial charge on any atom is 0.258 e. The van der Waals surface area contributed by atoms with Gasteiger partial charge in [-0.15, -0.1) is 5.92 Å². The molecule has 2 N–H and O–H groups in total. The zero-order chi connectivity index (χ0) is 11.3. The van der Waals surface area contributed by atoms with E-state index < -0.39 is 11.7 Å². The van der Waals surface area contributed by atoms with Crippen molar-refractivity contribution in [3.63, 3.8) is 0 Å². The van der Waals surface area contributed by atoms with Crippen molar-refractivity contribution in [2.75, 3.05) is 6.54 Å². The lowest BCUT2D eigenvalue weighted by Crippen LogP contribution is -2.24. The average molecular weight is 207 g/mol. The van der Waals surface area contributed by atoms with Crippen LogP contribution in [0.2, 0.25) is 0 Å². The van der Waals surface area contributed by atoms with Gasteiger partial charge in [-0.1, -0.05) is 12.0 Å². The van der Waals surface area contributed by atoms with Crippen molar-refractivity contribution < 1.29 is 14.3 Å². The third-order valence-electron chi connectivity index (χ3n) is 1.73. The Morgan fingerprint density at radius 3 is 2.93 bits per heavy atom. The molecule has 0 atom stereocenters. The third-order valence-corrected chi connectivity index (χ3v) is 1.73. The topological polar surface area (TPSA) is 49.3 Å². The summed E-state index contributed by atoms with van der Waals surface area (Å²) in [4.78, 5) is 11.4. The van der Waals surface area contributed by atoms with E-state index in [1.54, 1.807) is 6.92 Å². The number of amides is 1. The van der Waals surface area contributed by atoms with Gasteiger partial charge in [0.1, 0.15) is 17.1 Å². The van der Waals surface area contributed by atoms with E-state index in [1.807, 2.05) is 0 Å². The van der Waals surface area contributed by atoms with Crippen LogP contribution >= 0.6 is 0 Å². The number of carbonyl (C=O) groups is 1. The van der Waals surface area contributed by atoms with Crippen LogP contribution in [0.25, 0.3) is 0 Å². The van der Waals surface area contributed by atoms with Gasteiger partial charge in [-0.3, -0.25) is 4.79 Å². The van der Waals surface area contributed by atoms with Crippen LogP contribution in [0.4, 0.5) is 4.39 Å². The first-order valence-corrected chi connectivity index (χ1v) is 4.32. The molecule has 1 aromatic rings. The Morgan fingerprint density at radius 2 is 2.33 bits per heavy atom. The van der Waals surface area contributed by atoms with Crippen molar-refractivity contribution in [3.05, 3.63) is 29.6 Å². The largest absolute Gasteiger partial charge is 0.507 e. The molecule has 1 aromatic carbocycles. The number of phenols is 1. The van der Waals surface area contributed by atoms with Crippen molar-refractivity contribution in [1.82, 2.24) is 5.32 Å². The number of phenolic OH excluding ortho intramolecular Hbond substituents is 1. The van der Waals surface area contributed by atoms with Crippen LogP contribution in [0.3, 0.4) is 0 Å². The molecule has 15 heavy (non-hydrogen) atoms. The predicted molar refractivity (Wildman–Crippen MR) is 53.8 cm³/mol. The average Bonchev–Trinajstić information content (AvgIpc) is 2.18. The Balaban J connectivity index is 2.85. The first-order chi connectivity index (χ1) is 7.16. The van der Waals surface area contributed by atoms with E-state index in [9.17, 15) is 14.3 Å². The molecule has 0 aliphatic heterocycles. The SMILES string of the molecule is CC#CCNC(=O)c1c(O)cccc1F. The molecule has 3 nitrogen and oxygen atoms in total. The highest BCUT2D eigenvalue weighted by atomic mass is 19.1. The van der Waals surface area contributed by atoms with Crippen LogP contribution < -0.4 is 5.32 Å². The highest BCUT2D eigenvalue weighted by molar-refractivity contribution is 5.97. The van der Waals surface area contributed by atoms with Crippen molar-refractivity contribution >= 4 is 5.91 Å². The zero-order valence-electron chi connectivity index (χ0n) is 8.17. The predicted octanol–water partition coefficient (Wildman–Crippen LogP) is 1.28. The fourth-order valence-electron chi connectivity index (χ4n) is 1.04. The Kier molecular flexibility index (Phi) is 3.69. The van der Waals surface area contributed by atoms with Gasteiger partial charge in [0, 0.05) is 0 Å². The van der Waals surface area contributed by atoms with Crippen LogP contribution in [0.5, 0.6) is 5.75 Å². The Bertz CT molecular complexity index is 412. The summed E-state index contributed by atoms with van der Waals surface area (Å²) in [5.74, 6) is 3.38. The summed E-state index contributed by atoms with van der Waals surface area (Å²) in [6.07, 6.45) is 0. The van der Waals surface area contributed by atoms with Crippen LogP contribution in [0, 0.1) is 17.7 Å². The molecule has 0 fully saturated rings. The van der Waals surface area contributed by atoms with Gasteiger partial charge >= 0.3 is 0 Å². The molecular formula is C11H10FNO2. The summed E-state index contributed by atoms with van der Waals surface area (Å²) >= 11 is 0. The molecule has 0 spiro atoms. The minimum atomic E-state index is -0.753. The van der Waals surface area contributed by atoms with Crippen molar-refractivity contribution in [3.8, 4) is 17.6 Å². The Labute approximate surface area is 86.9 Å². The lowest BCUT2D eigenvalue weighted by molar-refractivity contribution is 0.0952. The zero-order valence-corrected chi connectivity index (χ0v) is 8.17. The normalized spacial score (nSPS) is 8.93. The van der Waals surface area contributed by atoms with Crippen LogP contribution in [0.1, 0.15) is 17.3 Å². The molecule has 1 amide bonds. The Hall–Kier alpha value is -2.02. The molecule has 0 saturated carbocycles. The van der Waals surface area contributed by atoms with E-state index in [2.05, 4.69) is 17.2 Å². The van der Waals surface area contributed by atoms with Gasteiger partial charge in [-0.2, -0.15) is 0 Å². The van der Waals surface area contributed by atoms with E-state index in [1.165, 1.54) is 12.1 Å². The first-order valence-electron chi connectivity index (χ1n) is 4.32. The number of aromatic hydroxyl groups is 1. The highest BCUT2D eigenvalue weighted by Crippen LogP contribution is 2.19. The molecule has 1 rings (SSSR count). The maximum absolute atomic E-state index is 13.2. The molecule has 0 bridgehead atoms. The quantitative estimate of drug-likeness (QED) is 0.718. The number of nitrogens with one attached hydrogen (secondary N) is 1.